The third-order valence-electron chi connectivity index (χ3n) is 3.66. The summed E-state index contributed by atoms with van der Waals surface area (Å²) in [6.45, 7) is 0. The van der Waals surface area contributed by atoms with E-state index in [9.17, 15) is 26.3 Å². The molecule has 0 aliphatic rings. The lowest BCUT2D eigenvalue weighted by atomic mass is 10.0. The fraction of sp³-hybridized carbons (Fsp3) is 0.111. The van der Waals surface area contributed by atoms with Gasteiger partial charge in [-0.25, -0.2) is 0 Å². The quantitative estimate of drug-likeness (QED) is 0.420. The van der Waals surface area contributed by atoms with E-state index in [0.29, 0.717) is 21.6 Å². The van der Waals surface area contributed by atoms with Crippen molar-refractivity contribution in [1.82, 2.24) is 0 Å². The van der Waals surface area contributed by atoms with E-state index in [1.54, 1.807) is 11.4 Å². The minimum absolute atomic E-state index is 0.573. The number of rotatable bonds is 2. The first-order valence-corrected chi connectivity index (χ1v) is 7.97. The van der Waals surface area contributed by atoms with Crippen LogP contribution in [0.1, 0.15) is 11.1 Å². The summed E-state index contributed by atoms with van der Waals surface area (Å²) in [7, 11) is 0. The first kappa shape index (κ1) is 17.5. The van der Waals surface area contributed by atoms with Crippen LogP contribution in [-0.2, 0) is 12.4 Å². The van der Waals surface area contributed by atoms with Crippen LogP contribution in [-0.4, -0.2) is 0 Å². The molecule has 0 N–H and O–H groups in total. The molecule has 0 fully saturated rings. The highest BCUT2D eigenvalue weighted by atomic mass is 32.1. The zero-order valence-corrected chi connectivity index (χ0v) is 13.3. The Morgan fingerprint density at radius 3 is 1.44 bits per heavy atom. The number of thiophene rings is 1. The van der Waals surface area contributed by atoms with Gasteiger partial charge in [0.15, 0.2) is 0 Å². The molecule has 3 aromatic rings. The fourth-order valence-electron chi connectivity index (χ4n) is 2.41. The zero-order chi connectivity index (χ0) is 18.2. The predicted octanol–water partition coefficient (Wildman–Crippen LogP) is 7.12. The molecule has 0 bridgehead atoms. The monoisotopic (exact) mass is 372 g/mol. The lowest BCUT2D eigenvalue weighted by molar-refractivity contribution is -0.138. The number of hydrogen-bond acceptors (Lipinski definition) is 1. The minimum atomic E-state index is -4.41. The molecule has 0 saturated heterocycles. The van der Waals surface area contributed by atoms with Gasteiger partial charge in [-0.15, -0.1) is 11.3 Å². The number of halogens is 6. The second-order valence-electron chi connectivity index (χ2n) is 5.31. The number of hydrogen-bond donors (Lipinski definition) is 0. The Morgan fingerprint density at radius 1 is 0.560 bits per heavy atom. The molecule has 25 heavy (non-hydrogen) atoms. The van der Waals surface area contributed by atoms with Crippen molar-refractivity contribution in [2.75, 3.05) is 0 Å². The zero-order valence-electron chi connectivity index (χ0n) is 12.4. The summed E-state index contributed by atoms with van der Waals surface area (Å²) in [5, 5.41) is 1.75. The Hall–Kier alpha value is -2.28. The topological polar surface area (TPSA) is 0 Å². The maximum absolute atomic E-state index is 12.7. The van der Waals surface area contributed by atoms with Crippen LogP contribution >= 0.6 is 11.3 Å². The molecule has 130 valence electrons. The lowest BCUT2D eigenvalue weighted by Crippen LogP contribution is -2.04. The van der Waals surface area contributed by atoms with Crippen LogP contribution < -0.4 is 0 Å². The third-order valence-corrected chi connectivity index (χ3v) is 4.63. The molecule has 2 aromatic carbocycles. The van der Waals surface area contributed by atoms with Gasteiger partial charge in [-0.05, 0) is 46.8 Å². The standard InChI is InChI=1S/C18H10F6S/c19-17(20,21)13-5-1-11(2-6-13)15-9-10-25-16(15)12-3-7-14(8-4-12)18(22,23)24/h1-10H. The van der Waals surface area contributed by atoms with Gasteiger partial charge >= 0.3 is 12.4 Å². The second-order valence-corrected chi connectivity index (χ2v) is 6.23. The van der Waals surface area contributed by atoms with Crippen molar-refractivity contribution >= 4 is 11.3 Å². The Labute approximate surface area is 143 Å². The molecule has 0 aliphatic carbocycles. The molecule has 1 heterocycles. The van der Waals surface area contributed by atoms with Gasteiger partial charge in [0.1, 0.15) is 0 Å². The van der Waals surface area contributed by atoms with E-state index < -0.39 is 23.5 Å². The van der Waals surface area contributed by atoms with Crippen LogP contribution in [0.3, 0.4) is 0 Å². The molecule has 7 heteroatoms. The molecular weight excluding hydrogens is 362 g/mol. The van der Waals surface area contributed by atoms with Gasteiger partial charge in [0.25, 0.3) is 0 Å². The summed E-state index contributed by atoms with van der Waals surface area (Å²) < 4.78 is 75.9. The minimum Gasteiger partial charge on any atom is -0.166 e. The van der Waals surface area contributed by atoms with Gasteiger partial charge in [0, 0.05) is 10.4 Å². The molecule has 0 aliphatic heterocycles. The smallest absolute Gasteiger partial charge is 0.166 e. The largest absolute Gasteiger partial charge is 0.416 e. The van der Waals surface area contributed by atoms with Crippen molar-refractivity contribution in [3.8, 4) is 21.6 Å². The van der Waals surface area contributed by atoms with E-state index in [-0.39, 0.29) is 0 Å². The van der Waals surface area contributed by atoms with Gasteiger partial charge < -0.3 is 0 Å². The SMILES string of the molecule is FC(F)(F)c1ccc(-c2ccsc2-c2ccc(C(F)(F)F)cc2)cc1. The van der Waals surface area contributed by atoms with Gasteiger partial charge in [-0.2, -0.15) is 26.3 Å². The molecule has 0 spiro atoms. The van der Waals surface area contributed by atoms with E-state index in [0.717, 1.165) is 24.3 Å². The third kappa shape index (κ3) is 3.71. The molecule has 0 atom stereocenters. The van der Waals surface area contributed by atoms with E-state index >= 15 is 0 Å². The molecule has 3 rings (SSSR count). The van der Waals surface area contributed by atoms with Crippen LogP contribution in [0.15, 0.2) is 60.0 Å². The number of alkyl halides is 6. The fourth-order valence-corrected chi connectivity index (χ4v) is 3.33. The molecule has 0 saturated carbocycles. The summed E-state index contributed by atoms with van der Waals surface area (Å²) in [6, 6.07) is 11.1. The average molecular weight is 372 g/mol. The summed E-state index contributed by atoms with van der Waals surface area (Å²) in [5.41, 5.74) is 0.340. The molecule has 0 amide bonds. The van der Waals surface area contributed by atoms with E-state index in [1.165, 1.54) is 35.6 Å². The van der Waals surface area contributed by atoms with E-state index in [1.807, 2.05) is 0 Å². The van der Waals surface area contributed by atoms with Crippen molar-refractivity contribution in [3.05, 3.63) is 71.1 Å². The maximum Gasteiger partial charge on any atom is 0.416 e. The summed E-state index contributed by atoms with van der Waals surface area (Å²) in [6.07, 6.45) is -8.83. The highest BCUT2D eigenvalue weighted by molar-refractivity contribution is 7.14. The predicted molar refractivity (Wildman–Crippen MR) is 85.2 cm³/mol. The highest BCUT2D eigenvalue weighted by Crippen LogP contribution is 2.39. The summed E-state index contributed by atoms with van der Waals surface area (Å²) in [5.74, 6) is 0. The Morgan fingerprint density at radius 2 is 1.00 bits per heavy atom. The molecule has 0 nitrogen and oxygen atoms in total. The highest BCUT2D eigenvalue weighted by Gasteiger charge is 2.31. The van der Waals surface area contributed by atoms with Crippen molar-refractivity contribution in [2.24, 2.45) is 0 Å². The lowest BCUT2D eigenvalue weighted by Gasteiger charge is -2.10. The first-order chi connectivity index (χ1) is 11.7. The van der Waals surface area contributed by atoms with Crippen LogP contribution in [0.25, 0.3) is 21.6 Å². The van der Waals surface area contributed by atoms with Crippen molar-refractivity contribution < 1.29 is 26.3 Å². The normalized spacial score (nSPS) is 12.4. The molecule has 1 aromatic heterocycles. The van der Waals surface area contributed by atoms with Gasteiger partial charge in [0.05, 0.1) is 11.1 Å². The van der Waals surface area contributed by atoms with Crippen molar-refractivity contribution in [2.45, 2.75) is 12.4 Å². The van der Waals surface area contributed by atoms with Gasteiger partial charge in [0.2, 0.25) is 0 Å². The van der Waals surface area contributed by atoms with Crippen LogP contribution in [0.4, 0.5) is 26.3 Å². The van der Waals surface area contributed by atoms with E-state index in [2.05, 4.69) is 0 Å². The Balaban J connectivity index is 1.96. The van der Waals surface area contributed by atoms with Crippen molar-refractivity contribution in [1.29, 1.82) is 0 Å². The van der Waals surface area contributed by atoms with Crippen molar-refractivity contribution in [3.63, 3.8) is 0 Å². The number of benzene rings is 2. The Bertz CT molecular complexity index is 782. The van der Waals surface area contributed by atoms with Gasteiger partial charge in [-0.3, -0.25) is 0 Å². The average Bonchev–Trinajstić information content (AvgIpc) is 3.03. The summed E-state index contributed by atoms with van der Waals surface area (Å²) >= 11 is 1.32. The van der Waals surface area contributed by atoms with Crippen LogP contribution in [0.5, 0.6) is 0 Å². The maximum atomic E-state index is 12.7. The van der Waals surface area contributed by atoms with Gasteiger partial charge in [-0.1, -0.05) is 24.3 Å². The molecular formula is C18H10F6S. The first-order valence-electron chi connectivity index (χ1n) is 7.09. The second kappa shape index (κ2) is 6.22. The van der Waals surface area contributed by atoms with E-state index in [4.69, 9.17) is 0 Å². The van der Waals surface area contributed by atoms with Crippen LogP contribution in [0, 0.1) is 0 Å². The van der Waals surface area contributed by atoms with Crippen LogP contribution in [0.2, 0.25) is 0 Å². The summed E-state index contributed by atoms with van der Waals surface area (Å²) in [4.78, 5) is 0.702. The molecule has 0 radical (unpaired) electrons. The molecule has 0 unspecified atom stereocenters. The Kier molecular flexibility index (Phi) is 4.36.